The minimum Gasteiger partial charge on any atom is -0.393 e. The summed E-state index contributed by atoms with van der Waals surface area (Å²) in [6.45, 7) is 4.41. The maximum Gasteiger partial charge on any atom is 0.0570 e. The van der Waals surface area contributed by atoms with Crippen LogP contribution in [0.1, 0.15) is 39.5 Å². The molecule has 0 saturated heterocycles. The predicted molar refractivity (Wildman–Crippen MR) is 46.5 cm³/mol. The second-order valence-electron chi connectivity index (χ2n) is 3.50. The molecule has 66 valence electrons. The number of rotatable bonds is 4. The van der Waals surface area contributed by atoms with Gasteiger partial charge in [-0.2, -0.15) is 0 Å². The van der Waals surface area contributed by atoms with Gasteiger partial charge in [-0.25, -0.2) is 0 Å². The number of aliphatic hydroxyl groups excluding tert-OH is 1. The second-order valence-corrected chi connectivity index (χ2v) is 3.50. The first-order valence-electron chi connectivity index (χ1n) is 4.70. The van der Waals surface area contributed by atoms with E-state index >= 15 is 0 Å². The van der Waals surface area contributed by atoms with E-state index in [1.54, 1.807) is 0 Å². The fourth-order valence-electron chi connectivity index (χ4n) is 1.58. The minimum atomic E-state index is -0.0261. The number of aliphatic hydroxyl groups is 1. The van der Waals surface area contributed by atoms with Gasteiger partial charge in [0.1, 0.15) is 0 Å². The van der Waals surface area contributed by atoms with Gasteiger partial charge in [-0.1, -0.05) is 13.8 Å². The third-order valence-corrected chi connectivity index (χ3v) is 2.57. The van der Waals surface area contributed by atoms with Crippen molar-refractivity contribution in [2.75, 3.05) is 0 Å². The Balaban J connectivity index is 2.09. The predicted octanol–water partition coefficient (Wildman–Crippen LogP) is 1.29. The highest BCUT2D eigenvalue weighted by Crippen LogP contribution is 2.20. The van der Waals surface area contributed by atoms with Crippen molar-refractivity contribution in [3.8, 4) is 0 Å². The number of hydrogen-bond acceptors (Lipinski definition) is 2. The van der Waals surface area contributed by atoms with Gasteiger partial charge in [0, 0.05) is 12.1 Å². The molecule has 11 heavy (non-hydrogen) atoms. The third-order valence-electron chi connectivity index (χ3n) is 2.57. The van der Waals surface area contributed by atoms with Crippen LogP contribution in [0.5, 0.6) is 0 Å². The number of nitrogens with one attached hydrogen (secondary N) is 1. The first kappa shape index (κ1) is 9.01. The minimum absolute atomic E-state index is 0.0261. The highest BCUT2D eigenvalue weighted by molar-refractivity contribution is 4.86. The van der Waals surface area contributed by atoms with E-state index in [-0.39, 0.29) is 6.10 Å². The molecule has 1 rings (SSSR count). The summed E-state index contributed by atoms with van der Waals surface area (Å²) in [5, 5.41) is 12.6. The highest BCUT2D eigenvalue weighted by atomic mass is 16.3. The molecule has 1 fully saturated rings. The van der Waals surface area contributed by atoms with Gasteiger partial charge in [0.05, 0.1) is 6.10 Å². The summed E-state index contributed by atoms with van der Waals surface area (Å²) in [4.78, 5) is 0. The molecule has 1 saturated carbocycles. The van der Waals surface area contributed by atoms with Gasteiger partial charge in [0.2, 0.25) is 0 Å². The van der Waals surface area contributed by atoms with Crippen LogP contribution in [0.2, 0.25) is 0 Å². The highest BCUT2D eigenvalue weighted by Gasteiger charge is 2.27. The van der Waals surface area contributed by atoms with Gasteiger partial charge in [-0.15, -0.1) is 0 Å². The third kappa shape index (κ3) is 2.46. The normalized spacial score (nSPS) is 30.5. The first-order chi connectivity index (χ1) is 5.26. The molecule has 0 amide bonds. The van der Waals surface area contributed by atoms with Crippen LogP contribution in [0.15, 0.2) is 0 Å². The van der Waals surface area contributed by atoms with Crippen LogP contribution < -0.4 is 5.32 Å². The fraction of sp³-hybridized carbons (Fsp3) is 1.00. The Kier molecular flexibility index (Phi) is 3.34. The van der Waals surface area contributed by atoms with Gasteiger partial charge in [0.15, 0.2) is 0 Å². The smallest absolute Gasteiger partial charge is 0.0570 e. The Morgan fingerprint density at radius 3 is 2.27 bits per heavy atom. The van der Waals surface area contributed by atoms with E-state index in [4.69, 9.17) is 5.11 Å². The maximum atomic E-state index is 9.04. The molecule has 0 bridgehead atoms. The Morgan fingerprint density at radius 2 is 1.91 bits per heavy atom. The van der Waals surface area contributed by atoms with E-state index in [9.17, 15) is 0 Å². The van der Waals surface area contributed by atoms with Crippen molar-refractivity contribution in [1.82, 2.24) is 5.32 Å². The molecular formula is C9H19NO. The molecule has 2 nitrogen and oxygen atoms in total. The van der Waals surface area contributed by atoms with Gasteiger partial charge in [-0.05, 0) is 25.7 Å². The van der Waals surface area contributed by atoms with Gasteiger partial charge in [-0.3, -0.25) is 0 Å². The summed E-state index contributed by atoms with van der Waals surface area (Å²) in [7, 11) is 0. The Hall–Kier alpha value is -0.0800. The molecule has 1 aliphatic rings. The standard InChI is InChI=1S/C9H19NO/c1-3-7(4-2)10-8-5-9(11)6-8/h7-11H,3-6H2,1-2H3. The topological polar surface area (TPSA) is 32.3 Å². The molecule has 0 radical (unpaired) electrons. The molecule has 1 aliphatic carbocycles. The zero-order valence-corrected chi connectivity index (χ0v) is 7.51. The van der Waals surface area contributed by atoms with E-state index in [2.05, 4.69) is 19.2 Å². The largest absolute Gasteiger partial charge is 0.393 e. The van der Waals surface area contributed by atoms with Gasteiger partial charge in [0.25, 0.3) is 0 Å². The molecule has 2 N–H and O–H groups in total. The van der Waals surface area contributed by atoms with Crippen LogP contribution in [0.3, 0.4) is 0 Å². The zero-order chi connectivity index (χ0) is 8.27. The van der Waals surface area contributed by atoms with E-state index in [0.29, 0.717) is 12.1 Å². The molecule has 0 atom stereocenters. The zero-order valence-electron chi connectivity index (χ0n) is 7.51. The molecule has 0 aromatic carbocycles. The average Bonchev–Trinajstić information content (AvgIpc) is 1.96. The van der Waals surface area contributed by atoms with Gasteiger partial charge < -0.3 is 10.4 Å². The van der Waals surface area contributed by atoms with Crippen molar-refractivity contribution in [1.29, 1.82) is 0 Å². The summed E-state index contributed by atoms with van der Waals surface area (Å²) >= 11 is 0. The Bertz CT molecular complexity index is 106. The summed E-state index contributed by atoms with van der Waals surface area (Å²) in [5.41, 5.74) is 0. The van der Waals surface area contributed by atoms with Crippen LogP contribution in [0.4, 0.5) is 0 Å². The lowest BCUT2D eigenvalue weighted by atomic mass is 9.88. The maximum absolute atomic E-state index is 9.04. The van der Waals surface area contributed by atoms with Crippen LogP contribution >= 0.6 is 0 Å². The van der Waals surface area contributed by atoms with E-state index in [1.165, 1.54) is 12.8 Å². The number of hydrogen-bond donors (Lipinski definition) is 2. The average molecular weight is 157 g/mol. The molecule has 0 unspecified atom stereocenters. The Labute approximate surface area is 69.0 Å². The molecule has 2 heteroatoms. The van der Waals surface area contributed by atoms with Crippen molar-refractivity contribution in [3.05, 3.63) is 0 Å². The molecule has 0 aromatic rings. The van der Waals surface area contributed by atoms with Crippen LogP contribution in [0, 0.1) is 0 Å². The lowest BCUT2D eigenvalue weighted by Crippen LogP contribution is -2.48. The van der Waals surface area contributed by atoms with Crippen molar-refractivity contribution in [2.24, 2.45) is 0 Å². The molecule has 0 aromatic heterocycles. The molecule has 0 spiro atoms. The van der Waals surface area contributed by atoms with Crippen LogP contribution in [-0.4, -0.2) is 23.3 Å². The second kappa shape index (κ2) is 4.07. The summed E-state index contributed by atoms with van der Waals surface area (Å²) in [6.07, 6.45) is 4.28. The van der Waals surface area contributed by atoms with Crippen molar-refractivity contribution < 1.29 is 5.11 Å². The summed E-state index contributed by atoms with van der Waals surface area (Å²) in [5.74, 6) is 0. The molecule has 0 heterocycles. The Morgan fingerprint density at radius 1 is 1.36 bits per heavy atom. The summed E-state index contributed by atoms with van der Waals surface area (Å²) < 4.78 is 0. The van der Waals surface area contributed by atoms with E-state index < -0.39 is 0 Å². The van der Waals surface area contributed by atoms with Crippen LogP contribution in [-0.2, 0) is 0 Å². The van der Waals surface area contributed by atoms with Gasteiger partial charge >= 0.3 is 0 Å². The SMILES string of the molecule is CCC(CC)NC1CC(O)C1. The first-order valence-corrected chi connectivity index (χ1v) is 4.70. The molecule has 0 aliphatic heterocycles. The van der Waals surface area contributed by atoms with Crippen molar-refractivity contribution in [2.45, 2.75) is 57.7 Å². The lowest BCUT2D eigenvalue weighted by molar-refractivity contribution is 0.0572. The monoisotopic (exact) mass is 157 g/mol. The summed E-state index contributed by atoms with van der Waals surface area (Å²) in [6, 6.07) is 1.25. The lowest BCUT2D eigenvalue weighted by Gasteiger charge is -2.35. The van der Waals surface area contributed by atoms with Crippen molar-refractivity contribution >= 4 is 0 Å². The van der Waals surface area contributed by atoms with E-state index in [1.807, 2.05) is 0 Å². The fourth-order valence-corrected chi connectivity index (χ4v) is 1.58. The quantitative estimate of drug-likeness (QED) is 0.644. The van der Waals surface area contributed by atoms with Crippen LogP contribution in [0.25, 0.3) is 0 Å². The van der Waals surface area contributed by atoms with Crippen molar-refractivity contribution in [3.63, 3.8) is 0 Å². The molecular weight excluding hydrogens is 138 g/mol. The van der Waals surface area contributed by atoms with E-state index in [0.717, 1.165) is 12.8 Å².